The lowest BCUT2D eigenvalue weighted by molar-refractivity contribution is 0.0689. The van der Waals surface area contributed by atoms with Crippen LogP contribution >= 0.6 is 0 Å². The Balaban J connectivity index is 1.83. The van der Waals surface area contributed by atoms with Crippen molar-refractivity contribution in [2.24, 2.45) is 0 Å². The Morgan fingerprint density at radius 2 is 1.74 bits per heavy atom. The minimum atomic E-state index is 0.000765. The second kappa shape index (κ2) is 6.73. The molecule has 2 aromatic rings. The predicted molar refractivity (Wildman–Crippen MR) is 88.9 cm³/mol. The molecule has 4 nitrogen and oxygen atoms in total. The van der Waals surface area contributed by atoms with Crippen molar-refractivity contribution >= 4 is 5.91 Å². The Labute approximate surface area is 136 Å². The summed E-state index contributed by atoms with van der Waals surface area (Å²) in [6.07, 6.45) is 0. The summed E-state index contributed by atoms with van der Waals surface area (Å²) in [5.74, 6) is 1.35. The lowest BCUT2D eigenvalue weighted by Crippen LogP contribution is -2.36. The summed E-state index contributed by atoms with van der Waals surface area (Å²) in [7, 11) is 0. The van der Waals surface area contributed by atoms with Gasteiger partial charge in [-0.25, -0.2) is 0 Å². The van der Waals surface area contributed by atoms with Crippen molar-refractivity contribution in [3.05, 3.63) is 59.7 Å². The average molecular weight is 311 g/mol. The first-order valence-electron chi connectivity index (χ1n) is 7.89. The van der Waals surface area contributed by atoms with E-state index >= 15 is 0 Å². The molecule has 1 heterocycles. The predicted octanol–water partition coefficient (Wildman–Crippen LogP) is 3.51. The van der Waals surface area contributed by atoms with Crippen LogP contribution in [0.4, 0.5) is 0 Å². The van der Waals surface area contributed by atoms with Gasteiger partial charge < -0.3 is 14.4 Å². The number of amides is 1. The third-order valence-corrected chi connectivity index (χ3v) is 3.87. The number of hydrogen-bond donors (Lipinski definition) is 0. The van der Waals surface area contributed by atoms with Gasteiger partial charge in [-0.1, -0.05) is 30.3 Å². The third kappa shape index (κ3) is 3.47. The van der Waals surface area contributed by atoms with Crippen molar-refractivity contribution in [1.29, 1.82) is 0 Å². The fourth-order valence-corrected chi connectivity index (χ4v) is 2.61. The second-order valence-electron chi connectivity index (χ2n) is 5.87. The Bertz CT molecular complexity index is 682. The zero-order valence-electron chi connectivity index (χ0n) is 13.5. The summed E-state index contributed by atoms with van der Waals surface area (Å²) in [5.41, 5.74) is 1.74. The Hall–Kier alpha value is -2.49. The largest absolute Gasteiger partial charge is 0.486 e. The first-order chi connectivity index (χ1) is 11.1. The highest BCUT2D eigenvalue weighted by Crippen LogP contribution is 2.31. The number of carbonyl (C=O) groups excluding carboxylic acids is 1. The molecule has 2 aromatic carbocycles. The van der Waals surface area contributed by atoms with E-state index in [1.807, 2.05) is 55.1 Å². The molecule has 23 heavy (non-hydrogen) atoms. The second-order valence-corrected chi connectivity index (χ2v) is 5.87. The van der Waals surface area contributed by atoms with Gasteiger partial charge in [0.2, 0.25) is 0 Å². The molecule has 0 unspecified atom stereocenters. The van der Waals surface area contributed by atoms with E-state index in [-0.39, 0.29) is 11.9 Å². The maximum absolute atomic E-state index is 12.9. The Kier molecular flexibility index (Phi) is 4.51. The van der Waals surface area contributed by atoms with E-state index in [2.05, 4.69) is 0 Å². The minimum Gasteiger partial charge on any atom is -0.486 e. The first-order valence-corrected chi connectivity index (χ1v) is 7.89. The van der Waals surface area contributed by atoms with E-state index < -0.39 is 0 Å². The summed E-state index contributed by atoms with van der Waals surface area (Å²) in [5, 5.41) is 0. The fourth-order valence-electron chi connectivity index (χ4n) is 2.61. The molecule has 1 amide bonds. The van der Waals surface area contributed by atoms with E-state index in [0.717, 1.165) is 5.56 Å². The molecule has 0 spiro atoms. The van der Waals surface area contributed by atoms with Crippen molar-refractivity contribution in [1.82, 2.24) is 4.90 Å². The van der Waals surface area contributed by atoms with E-state index in [1.54, 1.807) is 12.1 Å². The van der Waals surface area contributed by atoms with Crippen LogP contribution < -0.4 is 9.47 Å². The lowest BCUT2D eigenvalue weighted by atomic mass is 10.1. The maximum Gasteiger partial charge on any atom is 0.254 e. The van der Waals surface area contributed by atoms with E-state index in [0.29, 0.717) is 36.8 Å². The SMILES string of the molecule is CC(C)N(Cc1ccccc1)C(=O)c1ccc2c(c1)OCCO2. The molecule has 1 aliphatic heterocycles. The molecule has 120 valence electrons. The van der Waals surface area contributed by atoms with Crippen molar-refractivity contribution < 1.29 is 14.3 Å². The molecular formula is C19H21NO3. The normalized spacial score (nSPS) is 13.0. The highest BCUT2D eigenvalue weighted by Gasteiger charge is 2.21. The molecule has 0 N–H and O–H groups in total. The molecule has 0 aromatic heterocycles. The average Bonchev–Trinajstić information content (AvgIpc) is 2.59. The van der Waals surface area contributed by atoms with E-state index in [1.165, 1.54) is 0 Å². The van der Waals surface area contributed by atoms with Gasteiger partial charge >= 0.3 is 0 Å². The fraction of sp³-hybridized carbons (Fsp3) is 0.316. The highest BCUT2D eigenvalue weighted by atomic mass is 16.6. The zero-order chi connectivity index (χ0) is 16.2. The smallest absolute Gasteiger partial charge is 0.254 e. The molecule has 0 saturated carbocycles. The van der Waals surface area contributed by atoms with Crippen LogP contribution in [-0.2, 0) is 6.54 Å². The Morgan fingerprint density at radius 3 is 2.43 bits per heavy atom. The van der Waals surface area contributed by atoms with Crippen molar-refractivity contribution in [2.75, 3.05) is 13.2 Å². The van der Waals surface area contributed by atoms with Gasteiger partial charge in [-0.05, 0) is 37.6 Å². The van der Waals surface area contributed by atoms with E-state index in [4.69, 9.17) is 9.47 Å². The van der Waals surface area contributed by atoms with Gasteiger partial charge in [-0.2, -0.15) is 0 Å². The van der Waals surface area contributed by atoms with Crippen molar-refractivity contribution in [2.45, 2.75) is 26.4 Å². The van der Waals surface area contributed by atoms with Gasteiger partial charge in [0.1, 0.15) is 13.2 Å². The molecule has 1 aliphatic rings. The quantitative estimate of drug-likeness (QED) is 0.867. The summed E-state index contributed by atoms with van der Waals surface area (Å²) in [4.78, 5) is 14.8. The molecule has 0 aliphatic carbocycles. The van der Waals surface area contributed by atoms with Gasteiger partial charge in [0.05, 0.1) is 0 Å². The molecule has 0 saturated heterocycles. The molecule has 4 heteroatoms. The van der Waals surface area contributed by atoms with Crippen LogP contribution in [0.5, 0.6) is 11.5 Å². The number of fused-ring (bicyclic) bond motifs is 1. The van der Waals surface area contributed by atoms with Crippen LogP contribution in [-0.4, -0.2) is 30.1 Å². The minimum absolute atomic E-state index is 0.000765. The molecule has 0 atom stereocenters. The van der Waals surface area contributed by atoms with Gasteiger partial charge in [0, 0.05) is 18.2 Å². The monoisotopic (exact) mass is 311 g/mol. The van der Waals surface area contributed by atoms with Gasteiger partial charge in [-0.15, -0.1) is 0 Å². The number of hydrogen-bond acceptors (Lipinski definition) is 3. The Morgan fingerprint density at radius 1 is 1.04 bits per heavy atom. The topological polar surface area (TPSA) is 38.8 Å². The molecule has 3 rings (SSSR count). The summed E-state index contributed by atoms with van der Waals surface area (Å²) < 4.78 is 11.1. The lowest BCUT2D eigenvalue weighted by Gasteiger charge is -2.27. The molecule has 0 bridgehead atoms. The van der Waals surface area contributed by atoms with Gasteiger partial charge in [0.15, 0.2) is 11.5 Å². The molecule has 0 radical (unpaired) electrons. The van der Waals surface area contributed by atoms with Crippen molar-refractivity contribution in [3.63, 3.8) is 0 Å². The maximum atomic E-state index is 12.9. The van der Waals surface area contributed by atoms with Crippen LogP contribution in [0.1, 0.15) is 29.8 Å². The van der Waals surface area contributed by atoms with Gasteiger partial charge in [0.25, 0.3) is 5.91 Å². The van der Waals surface area contributed by atoms with Crippen LogP contribution in [0.2, 0.25) is 0 Å². The standard InChI is InChI=1S/C19H21NO3/c1-14(2)20(13-15-6-4-3-5-7-15)19(21)16-8-9-17-18(12-16)23-11-10-22-17/h3-9,12,14H,10-11,13H2,1-2H3. The van der Waals surface area contributed by atoms with Crippen LogP contribution in [0.25, 0.3) is 0 Å². The third-order valence-electron chi connectivity index (χ3n) is 3.87. The van der Waals surface area contributed by atoms with Crippen molar-refractivity contribution in [3.8, 4) is 11.5 Å². The summed E-state index contributed by atoms with van der Waals surface area (Å²) in [6.45, 7) is 5.71. The highest BCUT2D eigenvalue weighted by molar-refractivity contribution is 5.95. The summed E-state index contributed by atoms with van der Waals surface area (Å²) in [6, 6.07) is 15.5. The number of nitrogens with zero attached hydrogens (tertiary/aromatic N) is 1. The zero-order valence-corrected chi connectivity index (χ0v) is 13.5. The molecular weight excluding hydrogens is 290 g/mol. The van der Waals surface area contributed by atoms with Crippen LogP contribution in [0.3, 0.4) is 0 Å². The number of carbonyl (C=O) groups is 1. The van der Waals surface area contributed by atoms with E-state index in [9.17, 15) is 4.79 Å². The van der Waals surface area contributed by atoms with Gasteiger partial charge in [-0.3, -0.25) is 4.79 Å². The number of ether oxygens (including phenoxy) is 2. The number of rotatable bonds is 4. The first kappa shape index (κ1) is 15.4. The number of benzene rings is 2. The molecule has 0 fully saturated rings. The van der Waals surface area contributed by atoms with Crippen LogP contribution in [0, 0.1) is 0 Å². The summed E-state index contributed by atoms with van der Waals surface area (Å²) >= 11 is 0. The van der Waals surface area contributed by atoms with Crippen LogP contribution in [0.15, 0.2) is 48.5 Å².